The molecule has 3 nitrogen and oxygen atoms in total. The van der Waals surface area contributed by atoms with Gasteiger partial charge >= 0.3 is 0 Å². The third-order valence-corrected chi connectivity index (χ3v) is 3.10. The second-order valence-electron chi connectivity index (χ2n) is 3.15. The molecule has 2 N–H and O–H groups in total. The normalized spacial score (nSPS) is 10.4. The Labute approximate surface area is 86.6 Å². The average Bonchev–Trinajstić information content (AvgIpc) is 2.48. The van der Waals surface area contributed by atoms with Crippen LogP contribution in [-0.4, -0.2) is 9.97 Å². The summed E-state index contributed by atoms with van der Waals surface area (Å²) in [5.41, 5.74) is 7.95. The van der Waals surface area contributed by atoms with E-state index < -0.39 is 0 Å². The van der Waals surface area contributed by atoms with Crippen molar-refractivity contribution in [2.24, 2.45) is 0 Å². The van der Waals surface area contributed by atoms with Crippen LogP contribution < -0.4 is 5.73 Å². The van der Waals surface area contributed by atoms with Gasteiger partial charge in [-0.15, -0.1) is 11.3 Å². The van der Waals surface area contributed by atoms with Gasteiger partial charge in [-0.05, 0) is 25.5 Å². The summed E-state index contributed by atoms with van der Waals surface area (Å²) in [6.07, 6.45) is 3.61. The number of anilines is 1. The lowest BCUT2D eigenvalue weighted by Gasteiger charge is -1.98. The maximum absolute atomic E-state index is 5.71. The van der Waals surface area contributed by atoms with E-state index in [4.69, 9.17) is 5.73 Å². The fourth-order valence-corrected chi connectivity index (χ4v) is 2.16. The highest BCUT2D eigenvalue weighted by Crippen LogP contribution is 2.30. The lowest BCUT2D eigenvalue weighted by molar-refractivity contribution is 1.26. The highest BCUT2D eigenvalue weighted by atomic mass is 32.1. The van der Waals surface area contributed by atoms with Crippen LogP contribution in [-0.2, 0) is 0 Å². The van der Waals surface area contributed by atoms with E-state index in [0.717, 1.165) is 21.0 Å². The standard InChI is InChI=1S/C10H11N3S/c1-6-5-12-4-3-8(6)10-13-9(11)7(2)14-10/h3-5H,11H2,1-2H3. The predicted molar refractivity (Wildman–Crippen MR) is 59.2 cm³/mol. The van der Waals surface area contributed by atoms with Crippen LogP contribution in [0, 0.1) is 13.8 Å². The van der Waals surface area contributed by atoms with Crippen LogP contribution in [0.2, 0.25) is 0 Å². The second kappa shape index (κ2) is 3.38. The molecule has 0 aliphatic rings. The smallest absolute Gasteiger partial charge is 0.138 e. The summed E-state index contributed by atoms with van der Waals surface area (Å²) < 4.78 is 0. The molecule has 2 aromatic heterocycles. The minimum absolute atomic E-state index is 0.626. The maximum Gasteiger partial charge on any atom is 0.138 e. The molecule has 72 valence electrons. The van der Waals surface area contributed by atoms with Crippen molar-refractivity contribution in [2.45, 2.75) is 13.8 Å². The van der Waals surface area contributed by atoms with E-state index in [1.165, 1.54) is 0 Å². The SMILES string of the molecule is Cc1cnccc1-c1nc(N)c(C)s1. The summed E-state index contributed by atoms with van der Waals surface area (Å²) >= 11 is 1.62. The highest BCUT2D eigenvalue weighted by molar-refractivity contribution is 7.15. The van der Waals surface area contributed by atoms with Crippen molar-refractivity contribution in [2.75, 3.05) is 5.73 Å². The number of hydrogen-bond acceptors (Lipinski definition) is 4. The molecule has 0 saturated heterocycles. The fraction of sp³-hybridized carbons (Fsp3) is 0.200. The van der Waals surface area contributed by atoms with E-state index in [1.807, 2.05) is 26.1 Å². The Morgan fingerprint density at radius 3 is 2.71 bits per heavy atom. The van der Waals surface area contributed by atoms with E-state index >= 15 is 0 Å². The zero-order chi connectivity index (χ0) is 10.1. The van der Waals surface area contributed by atoms with Crippen molar-refractivity contribution in [1.29, 1.82) is 0 Å². The van der Waals surface area contributed by atoms with Crippen LogP contribution in [0.3, 0.4) is 0 Å². The molecule has 0 bridgehead atoms. The average molecular weight is 205 g/mol. The van der Waals surface area contributed by atoms with Gasteiger partial charge in [0.1, 0.15) is 10.8 Å². The monoisotopic (exact) mass is 205 g/mol. The zero-order valence-electron chi connectivity index (χ0n) is 8.11. The Morgan fingerprint density at radius 1 is 1.36 bits per heavy atom. The van der Waals surface area contributed by atoms with Crippen LogP contribution in [0.1, 0.15) is 10.4 Å². The van der Waals surface area contributed by atoms with Crippen LogP contribution in [0.5, 0.6) is 0 Å². The zero-order valence-corrected chi connectivity index (χ0v) is 8.93. The van der Waals surface area contributed by atoms with Crippen molar-refractivity contribution in [3.63, 3.8) is 0 Å². The quantitative estimate of drug-likeness (QED) is 0.777. The third-order valence-electron chi connectivity index (χ3n) is 2.08. The minimum atomic E-state index is 0.626. The Hall–Kier alpha value is -1.42. The minimum Gasteiger partial charge on any atom is -0.383 e. The first-order valence-electron chi connectivity index (χ1n) is 4.32. The van der Waals surface area contributed by atoms with E-state index in [9.17, 15) is 0 Å². The van der Waals surface area contributed by atoms with E-state index in [0.29, 0.717) is 5.82 Å². The van der Waals surface area contributed by atoms with Gasteiger partial charge < -0.3 is 5.73 Å². The molecule has 0 amide bonds. The summed E-state index contributed by atoms with van der Waals surface area (Å²) in [6, 6.07) is 1.97. The van der Waals surface area contributed by atoms with Crippen molar-refractivity contribution in [3.05, 3.63) is 28.9 Å². The Balaban J connectivity index is 2.55. The molecule has 4 heteroatoms. The van der Waals surface area contributed by atoms with Crippen LogP contribution in [0.15, 0.2) is 18.5 Å². The Morgan fingerprint density at radius 2 is 2.14 bits per heavy atom. The molecule has 2 heterocycles. The van der Waals surface area contributed by atoms with Crippen molar-refractivity contribution in [3.8, 4) is 10.6 Å². The number of thiazole rings is 1. The number of nitrogens with two attached hydrogens (primary N) is 1. The van der Waals surface area contributed by atoms with Crippen LogP contribution in [0.4, 0.5) is 5.82 Å². The maximum atomic E-state index is 5.71. The first kappa shape index (κ1) is 9.15. The van der Waals surface area contributed by atoms with E-state index in [1.54, 1.807) is 17.5 Å². The molecule has 0 aliphatic carbocycles. The van der Waals surface area contributed by atoms with Crippen molar-refractivity contribution < 1.29 is 0 Å². The van der Waals surface area contributed by atoms with Crippen molar-refractivity contribution >= 4 is 17.2 Å². The van der Waals surface area contributed by atoms with Gasteiger partial charge in [-0.1, -0.05) is 0 Å². The third kappa shape index (κ3) is 1.48. The molecule has 0 spiro atoms. The number of hydrogen-bond donors (Lipinski definition) is 1. The molecule has 0 fully saturated rings. The molecular weight excluding hydrogens is 194 g/mol. The highest BCUT2D eigenvalue weighted by Gasteiger charge is 2.08. The number of pyridine rings is 1. The number of nitrogen functional groups attached to an aromatic ring is 1. The van der Waals surface area contributed by atoms with Gasteiger partial charge in [0.2, 0.25) is 0 Å². The summed E-state index contributed by atoms with van der Waals surface area (Å²) in [5, 5.41) is 0.972. The lowest BCUT2D eigenvalue weighted by atomic mass is 10.2. The van der Waals surface area contributed by atoms with Gasteiger partial charge in [-0.25, -0.2) is 4.98 Å². The van der Waals surface area contributed by atoms with Gasteiger partial charge in [-0.2, -0.15) is 0 Å². The summed E-state index contributed by atoms with van der Waals surface area (Å²) in [7, 11) is 0. The summed E-state index contributed by atoms with van der Waals surface area (Å²) in [4.78, 5) is 9.42. The second-order valence-corrected chi connectivity index (χ2v) is 4.35. The molecule has 0 atom stereocenters. The van der Waals surface area contributed by atoms with Gasteiger partial charge in [-0.3, -0.25) is 4.98 Å². The lowest BCUT2D eigenvalue weighted by Crippen LogP contribution is -1.87. The predicted octanol–water partition coefficient (Wildman–Crippen LogP) is 2.40. The molecule has 2 aromatic rings. The largest absolute Gasteiger partial charge is 0.383 e. The van der Waals surface area contributed by atoms with Gasteiger partial charge in [0.25, 0.3) is 0 Å². The topological polar surface area (TPSA) is 51.8 Å². The first-order chi connectivity index (χ1) is 6.68. The molecule has 0 radical (unpaired) electrons. The van der Waals surface area contributed by atoms with E-state index in [-0.39, 0.29) is 0 Å². The fourth-order valence-electron chi connectivity index (χ4n) is 1.24. The molecule has 0 aromatic carbocycles. The number of aryl methyl sites for hydroxylation is 2. The van der Waals surface area contributed by atoms with Crippen LogP contribution in [0.25, 0.3) is 10.6 Å². The molecule has 0 aliphatic heterocycles. The van der Waals surface area contributed by atoms with Gasteiger partial charge in [0, 0.05) is 22.8 Å². The molecule has 2 rings (SSSR count). The van der Waals surface area contributed by atoms with Crippen molar-refractivity contribution in [1.82, 2.24) is 9.97 Å². The summed E-state index contributed by atoms with van der Waals surface area (Å²) in [6.45, 7) is 4.00. The number of rotatable bonds is 1. The summed E-state index contributed by atoms with van der Waals surface area (Å²) in [5.74, 6) is 0.626. The molecule has 14 heavy (non-hydrogen) atoms. The van der Waals surface area contributed by atoms with Gasteiger partial charge in [0.15, 0.2) is 0 Å². The van der Waals surface area contributed by atoms with E-state index in [2.05, 4.69) is 9.97 Å². The van der Waals surface area contributed by atoms with Crippen LogP contribution >= 0.6 is 11.3 Å². The Bertz CT molecular complexity index is 443. The molecule has 0 saturated carbocycles. The Kier molecular flexibility index (Phi) is 2.21. The number of nitrogens with zero attached hydrogens (tertiary/aromatic N) is 2. The molecule has 0 unspecified atom stereocenters. The molecular formula is C10H11N3S. The first-order valence-corrected chi connectivity index (χ1v) is 5.14. The number of aromatic nitrogens is 2. The van der Waals surface area contributed by atoms with Gasteiger partial charge in [0.05, 0.1) is 0 Å².